The fourth-order valence-corrected chi connectivity index (χ4v) is 5.00. The maximum atomic E-state index is 12.8. The molecule has 6 heteroatoms. The van der Waals surface area contributed by atoms with Gasteiger partial charge in [0, 0.05) is 5.56 Å². The molecule has 3 aliphatic rings. The van der Waals surface area contributed by atoms with Crippen LogP contribution in [0.15, 0.2) is 24.3 Å². The van der Waals surface area contributed by atoms with Gasteiger partial charge in [-0.15, -0.1) is 0 Å². The molecule has 2 saturated carbocycles. The van der Waals surface area contributed by atoms with Gasteiger partial charge in [0.25, 0.3) is 0 Å². The fourth-order valence-electron chi connectivity index (χ4n) is 5.00. The van der Waals surface area contributed by atoms with Crippen molar-refractivity contribution in [3.8, 4) is 0 Å². The molecular weight excluding hydrogens is 346 g/mol. The Labute approximate surface area is 157 Å². The van der Waals surface area contributed by atoms with Gasteiger partial charge in [-0.05, 0) is 44.9 Å². The van der Waals surface area contributed by atoms with Gasteiger partial charge >= 0.3 is 5.97 Å². The van der Waals surface area contributed by atoms with Crippen LogP contribution in [-0.4, -0.2) is 41.1 Å². The molecule has 1 aromatic carbocycles. The summed E-state index contributed by atoms with van der Waals surface area (Å²) in [5, 5.41) is 0. The van der Waals surface area contributed by atoms with E-state index in [-0.39, 0.29) is 41.3 Å². The number of imide groups is 1. The number of ether oxygens (including phenoxy) is 1. The van der Waals surface area contributed by atoms with E-state index in [1.165, 1.54) is 6.92 Å². The molecular formula is C21H23NO5. The summed E-state index contributed by atoms with van der Waals surface area (Å²) < 4.78 is 5.12. The molecule has 0 N–H and O–H groups in total. The number of rotatable bonds is 5. The SMILES string of the molecule is Cc1ccc(C(=O)COC(=O)[C@@H](C)N2C(=O)[C@@H]3[C@H]4CC[C@H](C4)[C@@H]3C2=O)cc1. The Hall–Kier alpha value is -2.50. The number of Topliss-reactive ketones (excluding diaryl/α,β-unsaturated/α-hetero) is 1. The van der Waals surface area contributed by atoms with Crippen LogP contribution in [0, 0.1) is 30.6 Å². The predicted octanol–water partition coefficient (Wildman–Crippen LogP) is 2.14. The summed E-state index contributed by atoms with van der Waals surface area (Å²) in [5.41, 5.74) is 1.49. The van der Waals surface area contributed by atoms with Crippen molar-refractivity contribution in [3.63, 3.8) is 0 Å². The number of nitrogens with zero attached hydrogens (tertiary/aromatic N) is 1. The molecule has 142 valence electrons. The maximum Gasteiger partial charge on any atom is 0.329 e. The molecule has 2 amide bonds. The molecule has 4 rings (SSSR count). The third-order valence-electron chi connectivity index (χ3n) is 6.41. The zero-order valence-corrected chi connectivity index (χ0v) is 15.5. The van der Waals surface area contributed by atoms with Crippen molar-refractivity contribution in [2.75, 3.05) is 6.61 Å². The summed E-state index contributed by atoms with van der Waals surface area (Å²) in [6, 6.07) is 5.98. The van der Waals surface area contributed by atoms with Gasteiger partial charge in [-0.2, -0.15) is 0 Å². The molecule has 3 fully saturated rings. The number of fused-ring (bicyclic) bond motifs is 5. The number of hydrogen-bond acceptors (Lipinski definition) is 5. The van der Waals surface area contributed by atoms with Crippen molar-refractivity contribution in [1.82, 2.24) is 4.90 Å². The number of likely N-dealkylation sites (tertiary alicyclic amines) is 1. The van der Waals surface area contributed by atoms with E-state index < -0.39 is 18.6 Å². The smallest absolute Gasteiger partial charge is 0.329 e. The van der Waals surface area contributed by atoms with E-state index >= 15 is 0 Å². The molecule has 1 saturated heterocycles. The summed E-state index contributed by atoms with van der Waals surface area (Å²) in [5.74, 6) is -1.51. The van der Waals surface area contributed by atoms with Gasteiger partial charge in [-0.1, -0.05) is 29.8 Å². The molecule has 5 atom stereocenters. The van der Waals surface area contributed by atoms with Crippen LogP contribution in [0.1, 0.15) is 42.1 Å². The first-order chi connectivity index (χ1) is 12.9. The Morgan fingerprint density at radius 2 is 1.63 bits per heavy atom. The van der Waals surface area contributed by atoms with E-state index in [1.807, 2.05) is 19.1 Å². The second kappa shape index (κ2) is 6.59. The van der Waals surface area contributed by atoms with Gasteiger partial charge in [0.1, 0.15) is 6.04 Å². The molecule has 27 heavy (non-hydrogen) atoms. The third kappa shape index (κ3) is 2.87. The molecule has 0 unspecified atom stereocenters. The van der Waals surface area contributed by atoms with Crippen molar-refractivity contribution >= 4 is 23.6 Å². The Bertz CT molecular complexity index is 786. The van der Waals surface area contributed by atoms with Crippen molar-refractivity contribution in [2.24, 2.45) is 23.7 Å². The zero-order valence-electron chi connectivity index (χ0n) is 15.5. The van der Waals surface area contributed by atoms with Crippen LogP contribution in [0.25, 0.3) is 0 Å². The minimum atomic E-state index is -0.999. The van der Waals surface area contributed by atoms with Crippen LogP contribution in [0.4, 0.5) is 0 Å². The van der Waals surface area contributed by atoms with Crippen molar-refractivity contribution in [3.05, 3.63) is 35.4 Å². The standard InChI is InChI=1S/C21H23NO5/c1-11-3-5-13(6-4-11)16(23)10-27-21(26)12(2)22-19(24)17-14-7-8-15(9-14)18(17)20(22)25/h3-6,12,14-15,17-18H,7-10H2,1-2H3/t12-,14-,15+,17+,18-/m1/s1. The van der Waals surface area contributed by atoms with Crippen molar-refractivity contribution in [1.29, 1.82) is 0 Å². The molecule has 1 heterocycles. The summed E-state index contributed by atoms with van der Waals surface area (Å²) in [6.07, 6.45) is 2.93. The topological polar surface area (TPSA) is 80.8 Å². The molecule has 0 aromatic heterocycles. The number of amides is 2. The third-order valence-corrected chi connectivity index (χ3v) is 6.41. The highest BCUT2D eigenvalue weighted by atomic mass is 16.5. The number of ketones is 1. The van der Waals surface area contributed by atoms with Crippen LogP contribution in [0.5, 0.6) is 0 Å². The quantitative estimate of drug-likeness (QED) is 0.451. The van der Waals surface area contributed by atoms with Gasteiger partial charge in [0.05, 0.1) is 11.8 Å². The van der Waals surface area contributed by atoms with E-state index in [4.69, 9.17) is 4.74 Å². The van der Waals surface area contributed by atoms with Gasteiger partial charge in [-0.3, -0.25) is 19.3 Å². The first kappa shape index (κ1) is 17.9. The van der Waals surface area contributed by atoms with Crippen LogP contribution >= 0.6 is 0 Å². The lowest BCUT2D eigenvalue weighted by Gasteiger charge is -2.22. The highest BCUT2D eigenvalue weighted by Crippen LogP contribution is 2.56. The Kier molecular flexibility index (Phi) is 4.36. The second-order valence-electron chi connectivity index (χ2n) is 8.00. The maximum absolute atomic E-state index is 12.8. The number of hydrogen-bond donors (Lipinski definition) is 0. The molecule has 6 nitrogen and oxygen atoms in total. The lowest BCUT2D eigenvalue weighted by atomic mass is 9.81. The average Bonchev–Trinajstić information content (AvgIpc) is 3.33. The van der Waals surface area contributed by atoms with Crippen molar-refractivity contribution in [2.45, 2.75) is 39.2 Å². The minimum Gasteiger partial charge on any atom is -0.456 e. The lowest BCUT2D eigenvalue weighted by molar-refractivity contribution is -0.157. The molecule has 2 bridgehead atoms. The summed E-state index contributed by atoms with van der Waals surface area (Å²) in [7, 11) is 0. The van der Waals surface area contributed by atoms with Crippen LogP contribution in [0.3, 0.4) is 0 Å². The average molecular weight is 369 g/mol. The number of benzene rings is 1. The monoisotopic (exact) mass is 369 g/mol. The first-order valence-corrected chi connectivity index (χ1v) is 9.52. The predicted molar refractivity (Wildman–Crippen MR) is 95.6 cm³/mol. The van der Waals surface area contributed by atoms with Gasteiger partial charge < -0.3 is 4.74 Å². The lowest BCUT2D eigenvalue weighted by Crippen LogP contribution is -2.45. The Morgan fingerprint density at radius 3 is 2.19 bits per heavy atom. The van der Waals surface area contributed by atoms with Crippen molar-refractivity contribution < 1.29 is 23.9 Å². The Balaban J connectivity index is 1.39. The largest absolute Gasteiger partial charge is 0.456 e. The van der Waals surface area contributed by atoms with Gasteiger partial charge in [0.15, 0.2) is 12.4 Å². The van der Waals surface area contributed by atoms with Crippen LogP contribution in [0.2, 0.25) is 0 Å². The van der Waals surface area contributed by atoms with E-state index in [0.717, 1.165) is 29.7 Å². The highest BCUT2D eigenvalue weighted by molar-refractivity contribution is 6.08. The fraction of sp³-hybridized carbons (Fsp3) is 0.524. The Morgan fingerprint density at radius 1 is 1.07 bits per heavy atom. The molecule has 0 spiro atoms. The van der Waals surface area contributed by atoms with Crippen LogP contribution in [-0.2, 0) is 19.1 Å². The van der Waals surface area contributed by atoms with Gasteiger partial charge in [-0.25, -0.2) is 4.79 Å². The number of aryl methyl sites for hydroxylation is 1. The number of esters is 1. The molecule has 0 radical (unpaired) electrons. The molecule has 1 aromatic rings. The summed E-state index contributed by atoms with van der Waals surface area (Å²) >= 11 is 0. The normalized spacial score (nSPS) is 29.8. The second-order valence-corrected chi connectivity index (χ2v) is 8.00. The van der Waals surface area contributed by atoms with E-state index in [2.05, 4.69) is 0 Å². The summed E-state index contributed by atoms with van der Waals surface area (Å²) in [4.78, 5) is 51.1. The minimum absolute atomic E-state index is 0.244. The highest BCUT2D eigenvalue weighted by Gasteiger charge is 2.62. The van der Waals surface area contributed by atoms with E-state index in [1.54, 1.807) is 12.1 Å². The zero-order chi connectivity index (χ0) is 19.3. The number of carbonyl (C=O) groups excluding carboxylic acids is 4. The molecule has 2 aliphatic carbocycles. The number of carbonyl (C=O) groups is 4. The molecule has 1 aliphatic heterocycles. The van der Waals surface area contributed by atoms with Crippen LogP contribution < -0.4 is 0 Å². The van der Waals surface area contributed by atoms with Gasteiger partial charge in [0.2, 0.25) is 11.8 Å². The summed E-state index contributed by atoms with van der Waals surface area (Å²) in [6.45, 7) is 3.01. The first-order valence-electron chi connectivity index (χ1n) is 9.52. The van der Waals surface area contributed by atoms with E-state index in [9.17, 15) is 19.2 Å². The van der Waals surface area contributed by atoms with E-state index in [0.29, 0.717) is 5.56 Å².